The van der Waals surface area contributed by atoms with E-state index in [0.717, 1.165) is 42.7 Å². The molecule has 1 N–H and O–H groups in total. The summed E-state index contributed by atoms with van der Waals surface area (Å²) in [5.41, 5.74) is 1.37. The Labute approximate surface area is 156 Å². The molecule has 0 aliphatic carbocycles. The van der Waals surface area contributed by atoms with Crippen molar-refractivity contribution in [2.45, 2.75) is 18.9 Å². The average molecular weight is 370 g/mol. The highest BCUT2D eigenvalue weighted by atomic mass is 35.5. The van der Waals surface area contributed by atoms with Crippen LogP contribution in [0.5, 0.6) is 0 Å². The smallest absolute Gasteiger partial charge is 0.272 e. The van der Waals surface area contributed by atoms with Crippen molar-refractivity contribution in [2.75, 3.05) is 18.0 Å². The van der Waals surface area contributed by atoms with E-state index in [9.17, 15) is 4.79 Å². The number of amides is 1. The summed E-state index contributed by atoms with van der Waals surface area (Å²) in [6, 6.07) is 11.6. The molecule has 1 aliphatic heterocycles. The molecule has 6 nitrogen and oxygen atoms in total. The Morgan fingerprint density at radius 3 is 2.96 bits per heavy atom. The molecular weight excluding hydrogens is 350 g/mol. The molecule has 0 bridgehead atoms. The molecule has 3 aromatic rings. The van der Waals surface area contributed by atoms with Crippen LogP contribution in [0.15, 0.2) is 42.6 Å². The van der Waals surface area contributed by atoms with Gasteiger partial charge in [-0.1, -0.05) is 11.6 Å². The first-order valence-corrected chi connectivity index (χ1v) is 9.08. The number of hydrogen-bond donors (Lipinski definition) is 1. The number of aryl methyl sites for hydroxylation is 1. The summed E-state index contributed by atoms with van der Waals surface area (Å²) in [5.74, 6) is 0.801. The Bertz CT molecular complexity index is 954. The molecule has 1 saturated heterocycles. The van der Waals surface area contributed by atoms with E-state index in [1.54, 1.807) is 24.0 Å². The van der Waals surface area contributed by atoms with Gasteiger partial charge in [0.15, 0.2) is 0 Å². The third-order valence-electron chi connectivity index (χ3n) is 4.66. The molecule has 2 aromatic heterocycles. The van der Waals surface area contributed by atoms with Crippen LogP contribution in [0.1, 0.15) is 23.3 Å². The van der Waals surface area contributed by atoms with E-state index in [-0.39, 0.29) is 11.9 Å². The van der Waals surface area contributed by atoms with Crippen molar-refractivity contribution in [3.05, 3.63) is 53.3 Å². The second-order valence-electron chi connectivity index (χ2n) is 6.64. The fourth-order valence-corrected chi connectivity index (χ4v) is 3.54. The molecule has 1 atom stereocenters. The minimum absolute atomic E-state index is 0.0842. The van der Waals surface area contributed by atoms with E-state index in [4.69, 9.17) is 16.6 Å². The highest BCUT2D eigenvalue weighted by molar-refractivity contribution is 6.31. The van der Waals surface area contributed by atoms with Crippen LogP contribution in [-0.4, -0.2) is 39.8 Å². The summed E-state index contributed by atoms with van der Waals surface area (Å²) in [5, 5.41) is 8.99. The van der Waals surface area contributed by atoms with Crippen molar-refractivity contribution in [3.63, 3.8) is 0 Å². The first-order chi connectivity index (χ1) is 12.6. The van der Waals surface area contributed by atoms with Gasteiger partial charge in [-0.15, -0.1) is 0 Å². The molecule has 134 valence electrons. The SMILES string of the molecule is Cn1ccc(C(=O)NC2CCCN(c3ccc4cc(Cl)ccc4n3)C2)n1. The zero-order valence-corrected chi connectivity index (χ0v) is 15.3. The highest BCUT2D eigenvalue weighted by Gasteiger charge is 2.23. The van der Waals surface area contributed by atoms with Crippen molar-refractivity contribution in [1.82, 2.24) is 20.1 Å². The second kappa shape index (κ2) is 6.96. The summed E-state index contributed by atoms with van der Waals surface area (Å²) >= 11 is 6.04. The number of fused-ring (bicyclic) bond motifs is 1. The molecule has 4 rings (SSSR count). The summed E-state index contributed by atoms with van der Waals surface area (Å²) in [6.45, 7) is 1.67. The van der Waals surface area contributed by atoms with Gasteiger partial charge in [-0.05, 0) is 49.2 Å². The van der Waals surface area contributed by atoms with Gasteiger partial charge in [0.25, 0.3) is 5.91 Å². The Balaban J connectivity index is 1.48. The maximum atomic E-state index is 12.3. The average Bonchev–Trinajstić information content (AvgIpc) is 3.08. The molecule has 0 radical (unpaired) electrons. The Morgan fingerprint density at radius 1 is 1.27 bits per heavy atom. The fourth-order valence-electron chi connectivity index (χ4n) is 3.36. The lowest BCUT2D eigenvalue weighted by atomic mass is 10.1. The van der Waals surface area contributed by atoms with Crippen LogP contribution < -0.4 is 10.2 Å². The number of carbonyl (C=O) groups excluding carboxylic acids is 1. The number of nitrogens with one attached hydrogen (secondary N) is 1. The standard InChI is InChI=1S/C19H20ClN5O/c1-24-10-8-17(23-24)19(26)21-15-3-2-9-25(12-15)18-7-4-13-11-14(20)5-6-16(13)22-18/h4-8,10-11,15H,2-3,9,12H2,1H3,(H,21,26). The van der Waals surface area contributed by atoms with Gasteiger partial charge in [-0.2, -0.15) is 5.10 Å². The zero-order valence-electron chi connectivity index (χ0n) is 14.5. The first-order valence-electron chi connectivity index (χ1n) is 8.70. The number of halogens is 1. The number of carbonyl (C=O) groups is 1. The van der Waals surface area contributed by atoms with E-state index in [0.29, 0.717) is 10.7 Å². The van der Waals surface area contributed by atoms with E-state index in [2.05, 4.69) is 15.3 Å². The highest BCUT2D eigenvalue weighted by Crippen LogP contribution is 2.23. The van der Waals surface area contributed by atoms with Crippen LogP contribution >= 0.6 is 11.6 Å². The molecule has 0 saturated carbocycles. The summed E-state index contributed by atoms with van der Waals surface area (Å²) in [4.78, 5) is 19.3. The van der Waals surface area contributed by atoms with Gasteiger partial charge in [0.2, 0.25) is 0 Å². The number of anilines is 1. The van der Waals surface area contributed by atoms with Crippen molar-refractivity contribution < 1.29 is 4.79 Å². The van der Waals surface area contributed by atoms with Crippen molar-refractivity contribution in [1.29, 1.82) is 0 Å². The molecule has 1 fully saturated rings. The number of piperidine rings is 1. The minimum Gasteiger partial charge on any atom is -0.355 e. The van der Waals surface area contributed by atoms with Crippen molar-refractivity contribution in [2.24, 2.45) is 7.05 Å². The molecule has 3 heterocycles. The zero-order chi connectivity index (χ0) is 18.1. The van der Waals surface area contributed by atoms with E-state index >= 15 is 0 Å². The van der Waals surface area contributed by atoms with Gasteiger partial charge >= 0.3 is 0 Å². The monoisotopic (exact) mass is 369 g/mol. The number of nitrogens with zero attached hydrogens (tertiary/aromatic N) is 4. The number of benzene rings is 1. The van der Waals surface area contributed by atoms with Crippen LogP contribution in [0.25, 0.3) is 10.9 Å². The molecular formula is C19H20ClN5O. The van der Waals surface area contributed by atoms with Gasteiger partial charge in [0.05, 0.1) is 5.52 Å². The Hall–Kier alpha value is -2.60. The maximum Gasteiger partial charge on any atom is 0.272 e. The topological polar surface area (TPSA) is 63.1 Å². The van der Waals surface area contributed by atoms with E-state index in [1.165, 1.54) is 0 Å². The minimum atomic E-state index is -0.126. The van der Waals surface area contributed by atoms with Gasteiger partial charge in [0, 0.05) is 42.8 Å². The largest absolute Gasteiger partial charge is 0.355 e. The van der Waals surface area contributed by atoms with Crippen LogP contribution in [-0.2, 0) is 7.05 Å². The van der Waals surface area contributed by atoms with Crippen LogP contribution in [0.4, 0.5) is 5.82 Å². The van der Waals surface area contributed by atoms with Gasteiger partial charge in [-0.25, -0.2) is 4.98 Å². The van der Waals surface area contributed by atoms with Crippen LogP contribution in [0, 0.1) is 0 Å². The third-order valence-corrected chi connectivity index (χ3v) is 4.90. The van der Waals surface area contributed by atoms with Crippen LogP contribution in [0.3, 0.4) is 0 Å². The van der Waals surface area contributed by atoms with Gasteiger partial charge < -0.3 is 10.2 Å². The second-order valence-corrected chi connectivity index (χ2v) is 7.08. The predicted molar refractivity (Wildman–Crippen MR) is 103 cm³/mol. The van der Waals surface area contributed by atoms with E-state index < -0.39 is 0 Å². The first kappa shape index (κ1) is 16.8. The maximum absolute atomic E-state index is 12.3. The quantitative estimate of drug-likeness (QED) is 0.770. The fraction of sp³-hybridized carbons (Fsp3) is 0.316. The molecule has 1 amide bonds. The lowest BCUT2D eigenvalue weighted by molar-refractivity contribution is 0.0927. The van der Waals surface area contributed by atoms with Crippen molar-refractivity contribution >= 4 is 34.2 Å². The predicted octanol–water partition coefficient (Wildman–Crippen LogP) is 3.02. The summed E-state index contributed by atoms with van der Waals surface area (Å²) in [7, 11) is 1.80. The van der Waals surface area contributed by atoms with E-state index in [1.807, 2.05) is 30.3 Å². The number of hydrogen-bond acceptors (Lipinski definition) is 4. The normalized spacial score (nSPS) is 17.5. The molecule has 1 aromatic carbocycles. The number of pyridine rings is 1. The number of rotatable bonds is 3. The molecule has 26 heavy (non-hydrogen) atoms. The Kier molecular flexibility index (Phi) is 4.51. The lowest BCUT2D eigenvalue weighted by Crippen LogP contribution is -2.48. The van der Waals surface area contributed by atoms with Gasteiger partial charge in [0.1, 0.15) is 11.5 Å². The lowest BCUT2D eigenvalue weighted by Gasteiger charge is -2.34. The number of aromatic nitrogens is 3. The molecule has 0 spiro atoms. The molecule has 7 heteroatoms. The Morgan fingerprint density at radius 2 is 2.15 bits per heavy atom. The van der Waals surface area contributed by atoms with Crippen molar-refractivity contribution in [3.8, 4) is 0 Å². The van der Waals surface area contributed by atoms with Crippen LogP contribution in [0.2, 0.25) is 5.02 Å². The molecule has 1 aliphatic rings. The molecule has 1 unspecified atom stereocenters. The third kappa shape index (κ3) is 3.51. The summed E-state index contributed by atoms with van der Waals surface area (Å²) < 4.78 is 1.63. The summed E-state index contributed by atoms with van der Waals surface area (Å²) in [6.07, 6.45) is 3.74. The van der Waals surface area contributed by atoms with Gasteiger partial charge in [-0.3, -0.25) is 9.48 Å².